The number of hydrogen-bond acceptors (Lipinski definition) is 2. The third-order valence-corrected chi connectivity index (χ3v) is 4.91. The van der Waals surface area contributed by atoms with Crippen molar-refractivity contribution in [2.24, 2.45) is 23.5 Å². The second-order valence-electron chi connectivity index (χ2n) is 5.91. The van der Waals surface area contributed by atoms with Crippen LogP contribution in [0.1, 0.15) is 19.3 Å². The molecule has 1 aromatic carbocycles. The lowest BCUT2D eigenvalue weighted by Crippen LogP contribution is -2.42. The van der Waals surface area contributed by atoms with Gasteiger partial charge in [0.2, 0.25) is 0 Å². The van der Waals surface area contributed by atoms with Crippen LogP contribution >= 0.6 is 0 Å². The van der Waals surface area contributed by atoms with Crippen LogP contribution in [0.4, 0.5) is 10.1 Å². The van der Waals surface area contributed by atoms with Gasteiger partial charge in [-0.15, -0.1) is 0 Å². The molecule has 2 N–H and O–H groups in total. The van der Waals surface area contributed by atoms with Crippen molar-refractivity contribution in [1.82, 2.24) is 0 Å². The first-order valence-corrected chi connectivity index (χ1v) is 6.88. The molecule has 1 aromatic rings. The first-order valence-electron chi connectivity index (χ1n) is 6.88. The van der Waals surface area contributed by atoms with Gasteiger partial charge in [-0.2, -0.15) is 0 Å². The van der Waals surface area contributed by atoms with Crippen molar-refractivity contribution in [3.05, 3.63) is 30.1 Å². The Kier molecular flexibility index (Phi) is 3.02. The van der Waals surface area contributed by atoms with Gasteiger partial charge < -0.3 is 10.6 Å². The molecule has 0 radical (unpaired) electrons. The van der Waals surface area contributed by atoms with Crippen LogP contribution in [0, 0.1) is 23.6 Å². The van der Waals surface area contributed by atoms with E-state index in [1.54, 1.807) is 6.07 Å². The second kappa shape index (κ2) is 4.54. The van der Waals surface area contributed by atoms with Gasteiger partial charge in [0.1, 0.15) is 5.82 Å². The summed E-state index contributed by atoms with van der Waals surface area (Å²) in [5, 5.41) is 0. The zero-order chi connectivity index (χ0) is 12.7. The largest absolute Gasteiger partial charge is 0.372 e. The number of nitrogens with zero attached hydrogens (tertiary/aromatic N) is 1. The van der Waals surface area contributed by atoms with E-state index in [1.807, 2.05) is 24.1 Å². The molecule has 4 unspecified atom stereocenters. The van der Waals surface area contributed by atoms with Gasteiger partial charge in [0, 0.05) is 19.6 Å². The molecule has 3 rings (SSSR count). The number of halogens is 1. The fraction of sp³-hybridized carbons (Fsp3) is 0.600. The quantitative estimate of drug-likeness (QED) is 0.891. The molecule has 0 spiro atoms. The van der Waals surface area contributed by atoms with Crippen LogP contribution in [-0.2, 0) is 0 Å². The molecule has 2 bridgehead atoms. The fourth-order valence-electron chi connectivity index (χ4n) is 3.90. The summed E-state index contributed by atoms with van der Waals surface area (Å²) >= 11 is 0. The van der Waals surface area contributed by atoms with Gasteiger partial charge in [0.05, 0.1) is 5.69 Å². The van der Waals surface area contributed by atoms with Gasteiger partial charge >= 0.3 is 0 Å². The van der Waals surface area contributed by atoms with Crippen LogP contribution in [0.2, 0.25) is 0 Å². The van der Waals surface area contributed by atoms with Crippen molar-refractivity contribution in [3.8, 4) is 0 Å². The molecule has 0 saturated heterocycles. The van der Waals surface area contributed by atoms with Gasteiger partial charge in [-0.25, -0.2) is 4.39 Å². The molecule has 98 valence electrons. The summed E-state index contributed by atoms with van der Waals surface area (Å²) in [5.74, 6) is 1.87. The number of rotatable bonds is 3. The van der Waals surface area contributed by atoms with E-state index in [9.17, 15) is 4.39 Å². The number of para-hydroxylation sites is 1. The lowest BCUT2D eigenvalue weighted by atomic mass is 9.84. The van der Waals surface area contributed by atoms with Crippen molar-refractivity contribution in [2.75, 3.05) is 18.5 Å². The highest BCUT2D eigenvalue weighted by molar-refractivity contribution is 5.46. The minimum Gasteiger partial charge on any atom is -0.372 e. The second-order valence-corrected chi connectivity index (χ2v) is 5.91. The standard InChI is InChI=1S/C15H21FN2/c1-18(14-5-3-2-4-13(14)16)9-12-10-6-7-11(8-10)15(12)17/h2-5,10-12,15H,6-9,17H2,1H3. The smallest absolute Gasteiger partial charge is 0.146 e. The number of hydrogen-bond donors (Lipinski definition) is 1. The normalized spacial score (nSPS) is 33.9. The van der Waals surface area contributed by atoms with Gasteiger partial charge in [-0.1, -0.05) is 12.1 Å². The van der Waals surface area contributed by atoms with Crippen molar-refractivity contribution < 1.29 is 4.39 Å². The van der Waals surface area contributed by atoms with Crippen molar-refractivity contribution in [3.63, 3.8) is 0 Å². The monoisotopic (exact) mass is 248 g/mol. The summed E-state index contributed by atoms with van der Waals surface area (Å²) in [6.07, 6.45) is 3.90. The highest BCUT2D eigenvalue weighted by atomic mass is 19.1. The van der Waals surface area contributed by atoms with Crippen molar-refractivity contribution in [2.45, 2.75) is 25.3 Å². The number of benzene rings is 1. The molecule has 0 amide bonds. The molecule has 4 atom stereocenters. The van der Waals surface area contributed by atoms with Gasteiger partial charge in [-0.05, 0) is 49.1 Å². The number of anilines is 1. The summed E-state index contributed by atoms with van der Waals surface area (Å²) in [6, 6.07) is 7.30. The van der Waals surface area contributed by atoms with Crippen LogP contribution in [0.3, 0.4) is 0 Å². The van der Waals surface area contributed by atoms with E-state index < -0.39 is 0 Å². The maximum atomic E-state index is 13.7. The molecule has 18 heavy (non-hydrogen) atoms. The Bertz CT molecular complexity index is 432. The van der Waals surface area contributed by atoms with Crippen LogP contribution in [0.25, 0.3) is 0 Å². The van der Waals surface area contributed by atoms with E-state index in [0.717, 1.165) is 12.5 Å². The Morgan fingerprint density at radius 1 is 1.28 bits per heavy atom. The number of fused-ring (bicyclic) bond motifs is 2. The van der Waals surface area contributed by atoms with E-state index in [2.05, 4.69) is 0 Å². The predicted molar refractivity (Wildman–Crippen MR) is 72.0 cm³/mol. The predicted octanol–water partition coefficient (Wildman–Crippen LogP) is 2.64. The average molecular weight is 248 g/mol. The van der Waals surface area contributed by atoms with Crippen LogP contribution in [-0.4, -0.2) is 19.6 Å². The van der Waals surface area contributed by atoms with E-state index in [-0.39, 0.29) is 5.82 Å². The maximum absolute atomic E-state index is 13.7. The van der Waals surface area contributed by atoms with Crippen molar-refractivity contribution >= 4 is 5.69 Å². The third kappa shape index (κ3) is 1.91. The van der Waals surface area contributed by atoms with Crippen LogP contribution in [0.15, 0.2) is 24.3 Å². The summed E-state index contributed by atoms with van der Waals surface area (Å²) in [7, 11) is 1.97. The summed E-state index contributed by atoms with van der Waals surface area (Å²) in [5.41, 5.74) is 7.00. The molecule has 2 aliphatic carbocycles. The molecular formula is C15H21FN2. The lowest BCUT2D eigenvalue weighted by Gasteiger charge is -2.32. The molecular weight excluding hydrogens is 227 g/mol. The Morgan fingerprint density at radius 2 is 2.00 bits per heavy atom. The van der Waals surface area contributed by atoms with Crippen LogP contribution in [0.5, 0.6) is 0 Å². The van der Waals surface area contributed by atoms with E-state index in [4.69, 9.17) is 5.73 Å². The molecule has 0 aliphatic heterocycles. The summed E-state index contributed by atoms with van der Waals surface area (Å²) in [6.45, 7) is 0.878. The van der Waals surface area contributed by atoms with E-state index in [1.165, 1.54) is 25.3 Å². The Balaban J connectivity index is 1.72. The zero-order valence-electron chi connectivity index (χ0n) is 10.8. The first kappa shape index (κ1) is 12.0. The van der Waals surface area contributed by atoms with Gasteiger partial charge in [0.25, 0.3) is 0 Å². The number of nitrogens with two attached hydrogens (primary N) is 1. The average Bonchev–Trinajstić information content (AvgIpc) is 2.93. The van der Waals surface area contributed by atoms with E-state index >= 15 is 0 Å². The highest BCUT2D eigenvalue weighted by Gasteiger charge is 2.45. The molecule has 0 heterocycles. The third-order valence-electron chi connectivity index (χ3n) is 4.91. The lowest BCUT2D eigenvalue weighted by molar-refractivity contribution is 0.293. The fourth-order valence-corrected chi connectivity index (χ4v) is 3.90. The first-order chi connectivity index (χ1) is 8.66. The Hall–Kier alpha value is -1.09. The summed E-state index contributed by atoms with van der Waals surface area (Å²) < 4.78 is 13.7. The van der Waals surface area contributed by atoms with E-state index in [0.29, 0.717) is 23.6 Å². The molecule has 2 saturated carbocycles. The Morgan fingerprint density at radius 3 is 2.67 bits per heavy atom. The van der Waals surface area contributed by atoms with Gasteiger partial charge in [-0.3, -0.25) is 0 Å². The van der Waals surface area contributed by atoms with Crippen LogP contribution < -0.4 is 10.6 Å². The maximum Gasteiger partial charge on any atom is 0.146 e. The minimum absolute atomic E-state index is 0.142. The molecule has 2 fully saturated rings. The molecule has 0 aromatic heterocycles. The highest BCUT2D eigenvalue weighted by Crippen LogP contribution is 2.47. The molecule has 2 aliphatic rings. The molecule has 2 nitrogen and oxygen atoms in total. The Labute approximate surface area is 108 Å². The summed E-state index contributed by atoms with van der Waals surface area (Å²) in [4.78, 5) is 2.03. The molecule has 3 heteroatoms. The topological polar surface area (TPSA) is 29.3 Å². The minimum atomic E-state index is -0.142. The SMILES string of the molecule is CN(CC1C2CCC(C2)C1N)c1ccccc1F. The van der Waals surface area contributed by atoms with Crippen molar-refractivity contribution in [1.29, 1.82) is 0 Å². The zero-order valence-corrected chi connectivity index (χ0v) is 10.8. The van der Waals surface area contributed by atoms with Gasteiger partial charge in [0.15, 0.2) is 0 Å².